The molecule has 106 valence electrons. The van der Waals surface area contributed by atoms with E-state index in [0.717, 1.165) is 38.6 Å². The van der Waals surface area contributed by atoms with Crippen LogP contribution in [0, 0.1) is 0 Å². The quantitative estimate of drug-likeness (QED) is 0.459. The Morgan fingerprint density at radius 1 is 1.11 bits per heavy atom. The normalized spacial score (nSPS) is 6.00. The van der Waals surface area contributed by atoms with E-state index < -0.39 is 5.97 Å². The minimum atomic E-state index is -0.981. The van der Waals surface area contributed by atoms with E-state index in [1.165, 1.54) is 12.6 Å². The Kier molecular flexibility index (Phi) is 70.5. The predicted molar refractivity (Wildman–Crippen MR) is 67.7 cm³/mol. The van der Waals surface area contributed by atoms with Gasteiger partial charge in [-0.25, -0.2) is 30.1 Å². The number of carbonyl (C=O) groups excluding carboxylic acids is 2. The van der Waals surface area contributed by atoms with Crippen LogP contribution >= 0.6 is 0 Å². The van der Waals surface area contributed by atoms with Crippen molar-refractivity contribution in [2.24, 2.45) is 0 Å². The first-order valence-electron chi connectivity index (χ1n) is 4.54. The van der Waals surface area contributed by atoms with E-state index in [-0.39, 0.29) is 6.10 Å². The number of allylic oxidation sites excluding steroid dienone is 2. The van der Waals surface area contributed by atoms with Gasteiger partial charge in [-0.3, -0.25) is 0 Å². The van der Waals surface area contributed by atoms with Crippen molar-refractivity contribution in [3.63, 3.8) is 0 Å². The van der Waals surface area contributed by atoms with Crippen molar-refractivity contribution in [1.29, 1.82) is 0 Å². The summed E-state index contributed by atoms with van der Waals surface area (Å²) in [5.41, 5.74) is 0. The molecule has 0 rings (SSSR count). The Morgan fingerprint density at radius 2 is 1.21 bits per heavy atom. The summed E-state index contributed by atoms with van der Waals surface area (Å²) >= 11 is 0.750. The van der Waals surface area contributed by atoms with Crippen LogP contribution in [0.15, 0.2) is 38.0 Å². The van der Waals surface area contributed by atoms with Crippen LogP contribution in [0.4, 0.5) is 0 Å². The van der Waals surface area contributed by atoms with E-state index in [0.29, 0.717) is 0 Å². The molecule has 7 heteroatoms. The zero-order valence-corrected chi connectivity index (χ0v) is 12.5. The van der Waals surface area contributed by atoms with Crippen molar-refractivity contribution in [3.05, 3.63) is 38.0 Å². The zero-order valence-electron chi connectivity index (χ0n) is 11.0. The molecule has 0 aromatic heterocycles. The standard InChI is InChI=1S/C3H4O2.C3H8O.2C3H3O.O.Ti/c1-2-3(4)5;1-3(2)4;2*1-2-3-4;;/h2H,1H2,(H,4,5);3-4H,1-2H3;2*2H,1H2;;/q;;2*-1;;+2. The van der Waals surface area contributed by atoms with Crippen molar-refractivity contribution < 1.29 is 48.3 Å². The number of aliphatic hydroxyl groups excluding tert-OH is 1. The second-order valence-electron chi connectivity index (χ2n) is 2.28. The molecule has 0 aromatic carbocycles. The molecule has 0 fully saturated rings. The number of aliphatic carboxylic acids is 1. The first kappa shape index (κ1) is 30.5. The summed E-state index contributed by atoms with van der Waals surface area (Å²) in [7, 11) is 0. The number of carboxylic acids is 1. The number of hydrogen-bond donors (Lipinski definition) is 2. The number of rotatable bonds is 3. The third-order valence-corrected chi connectivity index (χ3v) is 0.341. The van der Waals surface area contributed by atoms with Gasteiger partial charge in [0.05, 0.1) is 0 Å². The molecule has 0 saturated heterocycles. The Bertz CT molecular complexity index is 212. The van der Waals surface area contributed by atoms with E-state index in [2.05, 4.69) is 19.7 Å². The molecule has 0 radical (unpaired) electrons. The molecule has 0 aromatic rings. The predicted octanol–water partition coefficient (Wildman–Crippen LogP) is 1.09. The minimum absolute atomic E-state index is 0.167. The molecular formula is C12H18O6Ti. The van der Waals surface area contributed by atoms with Crippen LogP contribution in [0.3, 0.4) is 0 Å². The van der Waals surface area contributed by atoms with Gasteiger partial charge in [-0.05, 0) is 26.4 Å². The topological polar surface area (TPSA) is 109 Å². The Labute approximate surface area is 125 Å². The van der Waals surface area contributed by atoms with Crippen molar-refractivity contribution in [3.8, 4) is 0 Å². The van der Waals surface area contributed by atoms with Crippen LogP contribution in [0.5, 0.6) is 0 Å². The molecule has 0 aliphatic rings. The first-order chi connectivity index (χ1) is 8.83. The first-order valence-corrected chi connectivity index (χ1v) is 5.18. The molecule has 0 aliphatic heterocycles. The van der Waals surface area contributed by atoms with Gasteiger partial charge in [-0.2, -0.15) is 0 Å². The van der Waals surface area contributed by atoms with E-state index in [1.54, 1.807) is 13.8 Å². The van der Waals surface area contributed by atoms with Crippen molar-refractivity contribution in [2.75, 3.05) is 0 Å². The molecule has 0 amide bonds. The summed E-state index contributed by atoms with van der Waals surface area (Å²) in [5.74, 6) is -0.981. The monoisotopic (exact) mass is 306 g/mol. The molecule has 0 bridgehead atoms. The Balaban J connectivity index is -0.0000000441. The Hall–Kier alpha value is -1.50. The summed E-state index contributed by atoms with van der Waals surface area (Å²) < 4.78 is 8.25. The van der Waals surface area contributed by atoms with Gasteiger partial charge in [0.25, 0.3) is 0 Å². The van der Waals surface area contributed by atoms with Crippen LogP contribution in [-0.2, 0) is 38.1 Å². The van der Waals surface area contributed by atoms with Crippen LogP contribution in [-0.4, -0.2) is 34.9 Å². The third kappa shape index (κ3) is 554. The second kappa shape index (κ2) is 43.9. The molecule has 0 aliphatic carbocycles. The van der Waals surface area contributed by atoms with Gasteiger partial charge in [0.15, 0.2) is 0 Å². The summed E-state index contributed by atoms with van der Waals surface area (Å²) in [6.07, 6.45) is 5.69. The molecule has 0 spiro atoms. The van der Waals surface area contributed by atoms with Gasteiger partial charge in [0.2, 0.25) is 0 Å². The van der Waals surface area contributed by atoms with Crippen molar-refractivity contribution >= 4 is 18.5 Å². The van der Waals surface area contributed by atoms with E-state index in [9.17, 15) is 4.79 Å². The Morgan fingerprint density at radius 3 is 1.21 bits per heavy atom. The fourth-order valence-corrected chi connectivity index (χ4v) is 0. The summed E-state index contributed by atoms with van der Waals surface area (Å²) in [6, 6.07) is 0. The molecule has 19 heavy (non-hydrogen) atoms. The van der Waals surface area contributed by atoms with E-state index in [1.807, 2.05) is 0 Å². The molecule has 2 N–H and O–H groups in total. The average Bonchev–Trinajstić information content (AvgIpc) is 2.40. The van der Waals surface area contributed by atoms with Crippen LogP contribution in [0.2, 0.25) is 0 Å². The van der Waals surface area contributed by atoms with Gasteiger partial charge >= 0.3 is 29.7 Å². The van der Waals surface area contributed by atoms with Crippen LogP contribution < -0.4 is 0 Å². The maximum atomic E-state index is 9.25. The summed E-state index contributed by atoms with van der Waals surface area (Å²) in [4.78, 5) is 27.1. The third-order valence-electron chi connectivity index (χ3n) is 0.341. The molecule has 6 nitrogen and oxygen atoms in total. The number of carboxylic acid groups (broad SMARTS) is 1. The fraction of sp³-hybridized carbons (Fsp3) is 0.250. The van der Waals surface area contributed by atoms with Crippen LogP contribution in [0.1, 0.15) is 13.8 Å². The molecule has 0 saturated carbocycles. The van der Waals surface area contributed by atoms with Gasteiger partial charge in [-0.1, -0.05) is 6.58 Å². The van der Waals surface area contributed by atoms with Gasteiger partial charge in [-0.15, -0.1) is 0 Å². The maximum absolute atomic E-state index is 9.25. The number of hydrogen-bond acceptors (Lipinski definition) is 5. The summed E-state index contributed by atoms with van der Waals surface area (Å²) in [5, 5.41) is 15.7. The van der Waals surface area contributed by atoms with Crippen molar-refractivity contribution in [1.82, 2.24) is 0 Å². The molecule has 0 unspecified atom stereocenters. The SMILES string of the molecule is C=CC(=O)O.C=C[C-]=O.C=C[C-]=O.CC(C)O.[O]=[Ti+2]. The van der Waals surface area contributed by atoms with Crippen LogP contribution in [0.25, 0.3) is 0 Å². The molecule has 0 atom stereocenters. The average molecular weight is 306 g/mol. The summed E-state index contributed by atoms with van der Waals surface area (Å²) in [6.45, 7) is 12.5. The zero-order chi connectivity index (χ0) is 16.7. The molecular weight excluding hydrogens is 288 g/mol. The van der Waals surface area contributed by atoms with E-state index >= 15 is 0 Å². The fourth-order valence-electron chi connectivity index (χ4n) is 0. The number of carbonyl (C=O) groups is 1. The second-order valence-corrected chi connectivity index (χ2v) is 2.28. The van der Waals surface area contributed by atoms with Crippen molar-refractivity contribution in [2.45, 2.75) is 20.0 Å². The molecule has 0 heterocycles. The van der Waals surface area contributed by atoms with Gasteiger partial charge in [0.1, 0.15) is 0 Å². The van der Waals surface area contributed by atoms with E-state index in [4.69, 9.17) is 23.1 Å². The number of aliphatic hydroxyl groups is 1. The van der Waals surface area contributed by atoms with Gasteiger partial charge in [0, 0.05) is 12.2 Å². The van der Waals surface area contributed by atoms with Gasteiger partial charge < -0.3 is 19.8 Å².